The van der Waals surface area contributed by atoms with Crippen LogP contribution in [0.4, 0.5) is 16.6 Å². The highest BCUT2D eigenvalue weighted by Gasteiger charge is 2.17. The maximum absolute atomic E-state index is 10.7. The number of carbonyl (C=O) groups excluding carboxylic acids is 1. The van der Waals surface area contributed by atoms with Gasteiger partial charge in [0.15, 0.2) is 0 Å². The molecule has 1 fully saturated rings. The smallest absolute Gasteiger partial charge is 0.409 e. The molecule has 0 saturated carbocycles. The third kappa shape index (κ3) is 7.74. The Balaban J connectivity index is 0.000000316. The van der Waals surface area contributed by atoms with Gasteiger partial charge in [-0.2, -0.15) is 4.98 Å². The minimum Gasteiger partial charge on any atom is -0.453 e. The minimum absolute atomic E-state index is 0.187. The van der Waals surface area contributed by atoms with Gasteiger partial charge in [-0.1, -0.05) is 30.3 Å². The zero-order chi connectivity index (χ0) is 22.6. The Kier molecular flexibility index (Phi) is 10.1. The van der Waals surface area contributed by atoms with Crippen LogP contribution in [-0.4, -0.2) is 60.3 Å². The number of nitrogens with one attached hydrogen (secondary N) is 1. The number of hydrogen-bond donors (Lipinski definition) is 1. The van der Waals surface area contributed by atoms with Gasteiger partial charge in [0.2, 0.25) is 5.95 Å². The lowest BCUT2D eigenvalue weighted by Crippen LogP contribution is -2.27. The molecule has 1 aromatic heterocycles. The highest BCUT2D eigenvalue weighted by atomic mass is 16.5. The predicted octanol–water partition coefficient (Wildman–Crippen LogP) is 4.52. The van der Waals surface area contributed by atoms with Gasteiger partial charge in [0.1, 0.15) is 5.82 Å². The summed E-state index contributed by atoms with van der Waals surface area (Å²) in [5, 5.41) is 3.52. The van der Waals surface area contributed by atoms with E-state index in [4.69, 9.17) is 4.98 Å². The first-order chi connectivity index (χ1) is 15.0. The number of nitrogens with zero attached hydrogens (tertiary/aromatic N) is 4. The molecule has 0 aliphatic carbocycles. The maximum Gasteiger partial charge on any atom is 0.409 e. The third-order valence-corrected chi connectivity index (χ3v) is 5.31. The van der Waals surface area contributed by atoms with Crippen molar-refractivity contribution in [3.63, 3.8) is 0 Å². The second-order valence-electron chi connectivity index (χ2n) is 7.77. The number of methoxy groups -OCH3 is 1. The van der Waals surface area contributed by atoms with Crippen LogP contribution in [0.2, 0.25) is 0 Å². The quantitative estimate of drug-likeness (QED) is 0.700. The Morgan fingerprint density at radius 3 is 2.42 bits per heavy atom. The van der Waals surface area contributed by atoms with Gasteiger partial charge in [0, 0.05) is 44.0 Å². The van der Waals surface area contributed by atoms with Gasteiger partial charge >= 0.3 is 6.09 Å². The van der Waals surface area contributed by atoms with E-state index in [0.29, 0.717) is 6.04 Å². The number of aromatic nitrogens is 2. The number of rotatable bonds is 7. The molecule has 1 amide bonds. The van der Waals surface area contributed by atoms with Crippen LogP contribution in [0.15, 0.2) is 36.5 Å². The van der Waals surface area contributed by atoms with E-state index in [1.165, 1.54) is 12.7 Å². The van der Waals surface area contributed by atoms with Crippen LogP contribution in [-0.2, 0) is 11.2 Å². The standard InChI is InChI=1S/C18H26N4.C6H11NO2/c1-5-22(6-2)18-19-13-14(3)17(21-18)20-15(4)12-16-10-8-7-9-11-16;1-9-6(8)7-4-2-3-5-7/h7-11,13,15H,5-6,12H2,1-4H3,(H,19,20,21);2-5H2,1H3/t15-;/m1./s1. The average Bonchev–Trinajstić information content (AvgIpc) is 3.32. The Morgan fingerprint density at radius 1 is 1.19 bits per heavy atom. The molecule has 0 bridgehead atoms. The van der Waals surface area contributed by atoms with Gasteiger partial charge < -0.3 is 19.9 Å². The fourth-order valence-corrected chi connectivity index (χ4v) is 3.52. The van der Waals surface area contributed by atoms with Crippen LogP contribution in [0.1, 0.15) is 44.7 Å². The van der Waals surface area contributed by atoms with Crippen LogP contribution < -0.4 is 10.2 Å². The molecule has 1 atom stereocenters. The van der Waals surface area contributed by atoms with Crippen LogP contribution >= 0.6 is 0 Å². The number of benzene rings is 1. The highest BCUT2D eigenvalue weighted by Crippen LogP contribution is 2.17. The fourth-order valence-electron chi connectivity index (χ4n) is 3.52. The molecule has 1 aliphatic rings. The molecule has 7 heteroatoms. The molecule has 7 nitrogen and oxygen atoms in total. The van der Waals surface area contributed by atoms with Crippen molar-refractivity contribution >= 4 is 17.9 Å². The Hall–Kier alpha value is -2.83. The molecule has 2 heterocycles. The molecule has 1 aromatic carbocycles. The summed E-state index contributed by atoms with van der Waals surface area (Å²) in [5.74, 6) is 1.73. The van der Waals surface area contributed by atoms with Gasteiger partial charge in [0.05, 0.1) is 7.11 Å². The molecule has 170 valence electrons. The molecule has 31 heavy (non-hydrogen) atoms. The Bertz CT molecular complexity index is 790. The largest absolute Gasteiger partial charge is 0.453 e. The van der Waals surface area contributed by atoms with E-state index in [1.54, 1.807) is 4.90 Å². The van der Waals surface area contributed by atoms with Crippen molar-refractivity contribution in [1.82, 2.24) is 14.9 Å². The van der Waals surface area contributed by atoms with Crippen molar-refractivity contribution in [2.24, 2.45) is 0 Å². The third-order valence-electron chi connectivity index (χ3n) is 5.31. The van der Waals surface area contributed by atoms with Crippen LogP contribution in [0, 0.1) is 6.92 Å². The summed E-state index contributed by atoms with van der Waals surface area (Å²) < 4.78 is 4.52. The average molecular weight is 428 g/mol. The minimum atomic E-state index is -0.187. The summed E-state index contributed by atoms with van der Waals surface area (Å²) in [7, 11) is 1.42. The molecule has 0 radical (unpaired) electrons. The molecule has 3 rings (SSSR count). The van der Waals surface area contributed by atoms with Gasteiger partial charge in [-0.25, -0.2) is 9.78 Å². The van der Waals surface area contributed by atoms with E-state index in [2.05, 4.69) is 65.0 Å². The normalized spacial score (nSPS) is 13.8. The van der Waals surface area contributed by atoms with Crippen LogP contribution in [0.3, 0.4) is 0 Å². The Morgan fingerprint density at radius 2 is 1.84 bits per heavy atom. The monoisotopic (exact) mass is 427 g/mol. The molecule has 2 aromatic rings. The number of carbonyl (C=O) groups is 1. The summed E-state index contributed by atoms with van der Waals surface area (Å²) in [5.41, 5.74) is 2.41. The molecule has 1 aliphatic heterocycles. The lowest BCUT2D eigenvalue weighted by atomic mass is 10.1. The number of likely N-dealkylation sites (tertiary alicyclic amines) is 1. The van der Waals surface area contributed by atoms with E-state index in [0.717, 1.165) is 62.8 Å². The first-order valence-corrected chi connectivity index (χ1v) is 11.2. The summed E-state index contributed by atoms with van der Waals surface area (Å²) in [4.78, 5) is 23.7. The number of aryl methyl sites for hydroxylation is 1. The van der Waals surface area contributed by atoms with Crippen LogP contribution in [0.5, 0.6) is 0 Å². The van der Waals surface area contributed by atoms with Crippen molar-refractivity contribution in [3.05, 3.63) is 47.7 Å². The van der Waals surface area contributed by atoms with Crippen molar-refractivity contribution in [3.8, 4) is 0 Å². The molecule has 0 unspecified atom stereocenters. The lowest BCUT2D eigenvalue weighted by molar-refractivity contribution is 0.133. The predicted molar refractivity (Wildman–Crippen MR) is 127 cm³/mol. The molecule has 1 N–H and O–H groups in total. The zero-order valence-electron chi connectivity index (χ0n) is 19.6. The fraction of sp³-hybridized carbons (Fsp3) is 0.542. The molecular formula is C24H37N5O2. The highest BCUT2D eigenvalue weighted by molar-refractivity contribution is 5.67. The summed E-state index contributed by atoms with van der Waals surface area (Å²) >= 11 is 0. The van der Waals surface area contributed by atoms with E-state index < -0.39 is 0 Å². The van der Waals surface area contributed by atoms with E-state index in [-0.39, 0.29) is 6.09 Å². The number of amides is 1. The number of ether oxygens (including phenoxy) is 1. The summed E-state index contributed by atoms with van der Waals surface area (Å²) in [6.07, 6.45) is 4.93. The van der Waals surface area contributed by atoms with Gasteiger partial charge in [-0.05, 0) is 52.5 Å². The van der Waals surface area contributed by atoms with E-state index >= 15 is 0 Å². The number of hydrogen-bond acceptors (Lipinski definition) is 6. The van der Waals surface area contributed by atoms with Gasteiger partial charge in [-0.15, -0.1) is 0 Å². The second-order valence-corrected chi connectivity index (χ2v) is 7.77. The topological polar surface area (TPSA) is 70.6 Å². The summed E-state index contributed by atoms with van der Waals surface area (Å²) in [6.45, 7) is 12.0. The first kappa shape index (κ1) is 24.4. The van der Waals surface area contributed by atoms with Crippen LogP contribution in [0.25, 0.3) is 0 Å². The SMILES string of the molecule is CCN(CC)c1ncc(C)c(N[C@H](C)Cc2ccccc2)n1.COC(=O)N1CCCC1. The van der Waals surface area contributed by atoms with Gasteiger partial charge in [-0.3, -0.25) is 0 Å². The van der Waals surface area contributed by atoms with E-state index in [9.17, 15) is 4.79 Å². The first-order valence-electron chi connectivity index (χ1n) is 11.2. The van der Waals surface area contributed by atoms with E-state index in [1.807, 2.05) is 19.2 Å². The maximum atomic E-state index is 10.7. The van der Waals surface area contributed by atoms with Crippen molar-refractivity contribution < 1.29 is 9.53 Å². The Labute approximate surface area is 186 Å². The molecular weight excluding hydrogens is 390 g/mol. The molecule has 1 saturated heterocycles. The summed E-state index contributed by atoms with van der Waals surface area (Å²) in [6, 6.07) is 10.8. The van der Waals surface area contributed by atoms with Crippen molar-refractivity contribution in [2.45, 2.75) is 53.0 Å². The second kappa shape index (κ2) is 12.8. The van der Waals surface area contributed by atoms with Crippen molar-refractivity contribution in [1.29, 1.82) is 0 Å². The zero-order valence-corrected chi connectivity index (χ0v) is 19.6. The molecule has 0 spiro atoms. The number of anilines is 2. The van der Waals surface area contributed by atoms with Gasteiger partial charge in [0.25, 0.3) is 0 Å². The van der Waals surface area contributed by atoms with Crippen molar-refractivity contribution in [2.75, 3.05) is 43.5 Å². The lowest BCUT2D eigenvalue weighted by Gasteiger charge is -2.21.